The van der Waals surface area contributed by atoms with Crippen molar-refractivity contribution >= 4 is 40.0 Å². The normalized spacial score (nSPS) is 14.5. The second kappa shape index (κ2) is 12.2. The Balaban J connectivity index is 1.28. The number of anilines is 3. The van der Waals surface area contributed by atoms with E-state index >= 15 is 0 Å². The first-order valence-electron chi connectivity index (χ1n) is 12.8. The number of hydrogen-bond donors (Lipinski definition) is 2. The summed E-state index contributed by atoms with van der Waals surface area (Å²) < 4.78 is 53.7. The average Bonchev–Trinajstić information content (AvgIpc) is 3.27. The van der Waals surface area contributed by atoms with Crippen LogP contribution < -0.4 is 15.4 Å². The van der Waals surface area contributed by atoms with Crippen molar-refractivity contribution in [2.24, 2.45) is 5.92 Å². The van der Waals surface area contributed by atoms with Gasteiger partial charge in [0.25, 0.3) is 5.91 Å². The third-order valence-corrected chi connectivity index (χ3v) is 6.85. The molecule has 0 radical (unpaired) electrons. The van der Waals surface area contributed by atoms with Crippen molar-refractivity contribution < 1.29 is 32.2 Å². The molecular formula is C26H30F3N7O4S. The van der Waals surface area contributed by atoms with Crippen LogP contribution in [0.3, 0.4) is 0 Å². The van der Waals surface area contributed by atoms with Crippen molar-refractivity contribution in [3.05, 3.63) is 47.7 Å². The van der Waals surface area contributed by atoms with Crippen LogP contribution in [-0.2, 0) is 10.9 Å². The van der Waals surface area contributed by atoms with Crippen LogP contribution in [0.5, 0.6) is 5.88 Å². The zero-order valence-corrected chi connectivity index (χ0v) is 23.7. The molecule has 11 nitrogen and oxygen atoms in total. The Morgan fingerprint density at radius 2 is 1.80 bits per heavy atom. The molecule has 3 aromatic heterocycles. The fourth-order valence-corrected chi connectivity index (χ4v) is 4.72. The molecule has 1 fully saturated rings. The van der Waals surface area contributed by atoms with Crippen molar-refractivity contribution in [1.82, 2.24) is 24.2 Å². The van der Waals surface area contributed by atoms with Gasteiger partial charge < -0.3 is 25.0 Å². The number of pyridine rings is 1. The highest BCUT2D eigenvalue weighted by Gasteiger charge is 2.33. The van der Waals surface area contributed by atoms with E-state index in [9.17, 15) is 22.8 Å². The quantitative estimate of drug-likeness (QED) is 0.355. The van der Waals surface area contributed by atoms with E-state index in [2.05, 4.69) is 30.0 Å². The molecule has 0 bridgehead atoms. The standard InChI is InChI=1S/C26H30F3N7O4S/c1-15-21(23(41-35-15)34-19-13-30-18(12-31-19)26(27,28)29)22(37)33-17-5-6-20(32-11-17)39-14-16-7-9-36(10-8-16)24(38)40-25(2,3)4/h5-6,11-13,16H,7-10,14H2,1-4H3,(H,31,34)(H,33,37). The van der Waals surface area contributed by atoms with E-state index in [-0.39, 0.29) is 23.4 Å². The lowest BCUT2D eigenvalue weighted by atomic mass is 9.98. The maximum Gasteiger partial charge on any atom is 0.434 e. The van der Waals surface area contributed by atoms with Gasteiger partial charge in [0.1, 0.15) is 16.4 Å². The first-order valence-corrected chi connectivity index (χ1v) is 13.6. The van der Waals surface area contributed by atoms with Gasteiger partial charge in [-0.05, 0) is 64.1 Å². The van der Waals surface area contributed by atoms with Gasteiger partial charge >= 0.3 is 12.3 Å². The maximum atomic E-state index is 13.0. The van der Waals surface area contributed by atoms with Crippen LogP contribution in [0.4, 0.5) is 34.5 Å². The number of aryl methyl sites for hydroxylation is 1. The van der Waals surface area contributed by atoms with Gasteiger partial charge in [-0.25, -0.2) is 19.7 Å². The summed E-state index contributed by atoms with van der Waals surface area (Å²) in [6, 6.07) is 3.29. The number of piperidine rings is 1. The monoisotopic (exact) mass is 593 g/mol. The third kappa shape index (κ3) is 8.25. The molecule has 1 aliphatic rings. The van der Waals surface area contributed by atoms with Gasteiger partial charge in [-0.1, -0.05) is 0 Å². The van der Waals surface area contributed by atoms with Crippen LogP contribution in [-0.4, -0.2) is 61.5 Å². The number of amides is 2. The molecule has 1 saturated heterocycles. The van der Waals surface area contributed by atoms with Crippen molar-refractivity contribution in [3.63, 3.8) is 0 Å². The van der Waals surface area contributed by atoms with Crippen molar-refractivity contribution in [3.8, 4) is 5.88 Å². The minimum atomic E-state index is -4.60. The molecule has 2 N–H and O–H groups in total. The van der Waals surface area contributed by atoms with E-state index in [1.807, 2.05) is 20.8 Å². The van der Waals surface area contributed by atoms with E-state index < -0.39 is 23.4 Å². The molecule has 3 aromatic rings. The Labute approximate surface area is 238 Å². The molecule has 0 saturated carbocycles. The number of halogens is 3. The van der Waals surface area contributed by atoms with Gasteiger partial charge in [0.05, 0.1) is 42.1 Å². The number of alkyl halides is 3. The Morgan fingerprint density at radius 1 is 1.07 bits per heavy atom. The highest BCUT2D eigenvalue weighted by Crippen LogP contribution is 2.30. The van der Waals surface area contributed by atoms with Crippen molar-refractivity contribution in [2.75, 3.05) is 30.3 Å². The van der Waals surface area contributed by atoms with Crippen LogP contribution in [0.15, 0.2) is 30.7 Å². The Morgan fingerprint density at radius 3 is 2.39 bits per heavy atom. The van der Waals surface area contributed by atoms with Crippen LogP contribution in [0.2, 0.25) is 0 Å². The highest BCUT2D eigenvalue weighted by atomic mass is 32.1. The Kier molecular flexibility index (Phi) is 8.95. The number of nitrogens with zero attached hydrogens (tertiary/aromatic N) is 5. The first kappa shape index (κ1) is 30.0. The molecular weight excluding hydrogens is 563 g/mol. The lowest BCUT2D eigenvalue weighted by Crippen LogP contribution is -2.42. The molecule has 2 amide bonds. The summed E-state index contributed by atoms with van der Waals surface area (Å²) in [6.07, 6.45) is -0.327. The highest BCUT2D eigenvalue weighted by molar-refractivity contribution is 7.10. The van der Waals surface area contributed by atoms with E-state index in [1.165, 1.54) is 6.20 Å². The minimum absolute atomic E-state index is 0.0365. The molecule has 0 spiro atoms. The summed E-state index contributed by atoms with van der Waals surface area (Å²) >= 11 is 0.970. The lowest BCUT2D eigenvalue weighted by Gasteiger charge is -2.33. The number of nitrogens with one attached hydrogen (secondary N) is 2. The van der Waals surface area contributed by atoms with Gasteiger partial charge in [-0.15, -0.1) is 0 Å². The molecule has 0 atom stereocenters. The van der Waals surface area contributed by atoms with Crippen LogP contribution in [0.1, 0.15) is 55.4 Å². The molecule has 0 aromatic carbocycles. The number of hydrogen-bond acceptors (Lipinski definition) is 10. The Bertz CT molecular complexity index is 1350. The minimum Gasteiger partial charge on any atom is -0.477 e. The van der Waals surface area contributed by atoms with Gasteiger partial charge in [-0.3, -0.25) is 4.79 Å². The largest absolute Gasteiger partial charge is 0.477 e. The molecule has 4 rings (SSSR count). The maximum absolute atomic E-state index is 13.0. The smallest absolute Gasteiger partial charge is 0.434 e. The third-order valence-electron chi connectivity index (χ3n) is 6.00. The number of aromatic nitrogens is 4. The second-order valence-corrected chi connectivity index (χ2v) is 11.2. The summed E-state index contributed by atoms with van der Waals surface area (Å²) in [5, 5.41) is 5.85. The number of carbonyl (C=O) groups is 2. The van der Waals surface area contributed by atoms with E-state index in [1.54, 1.807) is 24.0 Å². The first-order chi connectivity index (χ1) is 19.3. The van der Waals surface area contributed by atoms with Gasteiger partial charge in [0.2, 0.25) is 5.88 Å². The predicted molar refractivity (Wildman–Crippen MR) is 145 cm³/mol. The molecule has 0 aliphatic carbocycles. The molecule has 4 heterocycles. The fourth-order valence-electron chi connectivity index (χ4n) is 3.92. The summed E-state index contributed by atoms with van der Waals surface area (Å²) in [7, 11) is 0. The summed E-state index contributed by atoms with van der Waals surface area (Å²) in [5.74, 6) is 0.221. The number of rotatable bonds is 7. The van der Waals surface area contributed by atoms with Crippen LogP contribution >= 0.6 is 11.5 Å². The molecule has 220 valence electrons. The van der Waals surface area contributed by atoms with E-state index in [0.717, 1.165) is 30.6 Å². The van der Waals surface area contributed by atoms with Crippen molar-refractivity contribution in [2.45, 2.75) is 52.3 Å². The second-order valence-electron chi connectivity index (χ2n) is 10.4. The summed E-state index contributed by atoms with van der Waals surface area (Å²) in [5.41, 5.74) is -0.587. The SMILES string of the molecule is Cc1nsc(Nc2cnc(C(F)(F)F)cn2)c1C(=O)Nc1ccc(OCC2CCN(C(=O)OC(C)(C)C)CC2)nc1. The molecule has 41 heavy (non-hydrogen) atoms. The zero-order chi connectivity index (χ0) is 29.8. The molecule has 0 unspecified atom stereocenters. The zero-order valence-electron chi connectivity index (χ0n) is 22.9. The van der Waals surface area contributed by atoms with E-state index in [4.69, 9.17) is 9.47 Å². The van der Waals surface area contributed by atoms with Crippen molar-refractivity contribution in [1.29, 1.82) is 0 Å². The van der Waals surface area contributed by atoms with Crippen LogP contribution in [0, 0.1) is 12.8 Å². The topological polar surface area (TPSA) is 131 Å². The lowest BCUT2D eigenvalue weighted by molar-refractivity contribution is -0.141. The number of ether oxygens (including phenoxy) is 2. The van der Waals surface area contributed by atoms with E-state index in [0.29, 0.717) is 48.2 Å². The Hall–Kier alpha value is -4.01. The van der Waals surface area contributed by atoms with Gasteiger partial charge in [-0.2, -0.15) is 17.5 Å². The summed E-state index contributed by atoms with van der Waals surface area (Å²) in [6.45, 7) is 8.80. The van der Waals surface area contributed by atoms with Gasteiger partial charge in [0, 0.05) is 19.2 Å². The van der Waals surface area contributed by atoms with Gasteiger partial charge in [0.15, 0.2) is 5.69 Å². The number of carbonyl (C=O) groups excluding carboxylic acids is 2. The average molecular weight is 594 g/mol. The molecule has 15 heteroatoms. The summed E-state index contributed by atoms with van der Waals surface area (Å²) in [4.78, 5) is 38.3. The van der Waals surface area contributed by atoms with Crippen LogP contribution in [0.25, 0.3) is 0 Å². The number of likely N-dealkylation sites (tertiary alicyclic amines) is 1. The molecule has 1 aliphatic heterocycles. The predicted octanol–water partition coefficient (Wildman–Crippen LogP) is 5.68. The fraction of sp³-hybridized carbons (Fsp3) is 0.462.